The molecular formula is C18H18BrClN2O. The van der Waals surface area contributed by atoms with E-state index in [0.717, 1.165) is 46.9 Å². The van der Waals surface area contributed by atoms with Gasteiger partial charge in [-0.2, -0.15) is 0 Å². The highest BCUT2D eigenvalue weighted by atomic mass is 79.9. The number of hydrogen-bond acceptors (Lipinski definition) is 2. The molecule has 2 aromatic carbocycles. The molecule has 1 aliphatic heterocycles. The van der Waals surface area contributed by atoms with Crippen LogP contribution in [0, 0.1) is 0 Å². The number of nitrogens with zero attached hydrogens (tertiary/aromatic N) is 2. The van der Waals surface area contributed by atoms with Crippen LogP contribution in [0.4, 0.5) is 5.69 Å². The lowest BCUT2D eigenvalue weighted by molar-refractivity contribution is -0.130. The highest BCUT2D eigenvalue weighted by Gasteiger charge is 2.22. The summed E-state index contributed by atoms with van der Waals surface area (Å²) in [6.07, 6.45) is 0.458. The second-order valence-corrected chi connectivity index (χ2v) is 6.95. The van der Waals surface area contributed by atoms with Gasteiger partial charge in [-0.3, -0.25) is 4.79 Å². The van der Waals surface area contributed by atoms with Gasteiger partial charge in [0.15, 0.2) is 0 Å². The Morgan fingerprint density at radius 1 is 1.00 bits per heavy atom. The minimum atomic E-state index is 0.186. The zero-order valence-corrected chi connectivity index (χ0v) is 15.1. The predicted molar refractivity (Wildman–Crippen MR) is 98.1 cm³/mol. The second kappa shape index (κ2) is 7.37. The molecule has 1 saturated heterocycles. The fourth-order valence-corrected chi connectivity index (χ4v) is 3.31. The molecule has 0 bridgehead atoms. The van der Waals surface area contributed by atoms with E-state index in [1.807, 2.05) is 53.4 Å². The van der Waals surface area contributed by atoms with Gasteiger partial charge in [-0.25, -0.2) is 0 Å². The molecule has 3 nitrogen and oxygen atoms in total. The molecule has 1 aliphatic rings. The maximum absolute atomic E-state index is 12.4. The van der Waals surface area contributed by atoms with E-state index in [4.69, 9.17) is 11.6 Å². The Morgan fingerprint density at radius 3 is 2.30 bits per heavy atom. The summed E-state index contributed by atoms with van der Waals surface area (Å²) in [5, 5.41) is 0.766. The van der Waals surface area contributed by atoms with Gasteiger partial charge in [0.05, 0.1) is 17.1 Å². The van der Waals surface area contributed by atoms with Crippen LogP contribution in [0.2, 0.25) is 5.02 Å². The number of amides is 1. The van der Waals surface area contributed by atoms with E-state index >= 15 is 0 Å². The number of rotatable bonds is 3. The number of benzene rings is 2. The fraction of sp³-hybridized carbons (Fsp3) is 0.278. The molecule has 0 aliphatic carbocycles. The van der Waals surface area contributed by atoms with Gasteiger partial charge in [-0.05, 0) is 29.8 Å². The van der Waals surface area contributed by atoms with E-state index in [-0.39, 0.29) is 5.91 Å². The molecule has 0 spiro atoms. The molecule has 2 aromatic rings. The Morgan fingerprint density at radius 2 is 1.65 bits per heavy atom. The molecular weight excluding hydrogens is 376 g/mol. The number of piperazine rings is 1. The normalized spacial score (nSPS) is 14.9. The van der Waals surface area contributed by atoms with E-state index in [1.165, 1.54) is 0 Å². The molecule has 1 amide bonds. The van der Waals surface area contributed by atoms with Gasteiger partial charge in [0.1, 0.15) is 0 Å². The molecule has 0 radical (unpaired) electrons. The summed E-state index contributed by atoms with van der Waals surface area (Å²) >= 11 is 9.66. The number of carbonyl (C=O) groups is 1. The highest BCUT2D eigenvalue weighted by Crippen LogP contribution is 2.26. The Labute approximate surface area is 150 Å². The van der Waals surface area contributed by atoms with Crippen LogP contribution in [0.1, 0.15) is 5.56 Å². The Bertz CT molecular complexity index is 682. The van der Waals surface area contributed by atoms with Crippen LogP contribution in [-0.2, 0) is 11.2 Å². The minimum absolute atomic E-state index is 0.186. The lowest BCUT2D eigenvalue weighted by atomic mass is 10.1. The SMILES string of the molecule is O=C(Cc1ccc(Br)cc1)N1CCN(c2ccccc2Cl)CC1. The topological polar surface area (TPSA) is 23.6 Å². The smallest absolute Gasteiger partial charge is 0.227 e. The summed E-state index contributed by atoms with van der Waals surface area (Å²) in [6, 6.07) is 15.8. The van der Waals surface area contributed by atoms with Crippen LogP contribution in [0.15, 0.2) is 53.0 Å². The first-order valence-corrected chi connectivity index (χ1v) is 8.82. The number of para-hydroxylation sites is 1. The molecule has 120 valence electrons. The average molecular weight is 394 g/mol. The third kappa shape index (κ3) is 4.06. The quantitative estimate of drug-likeness (QED) is 0.787. The lowest BCUT2D eigenvalue weighted by Gasteiger charge is -2.36. The molecule has 0 N–H and O–H groups in total. The largest absolute Gasteiger partial charge is 0.367 e. The third-order valence-electron chi connectivity index (χ3n) is 4.09. The van der Waals surface area contributed by atoms with Gasteiger partial charge in [0.2, 0.25) is 5.91 Å². The van der Waals surface area contributed by atoms with Gasteiger partial charge >= 0.3 is 0 Å². The van der Waals surface area contributed by atoms with Crippen LogP contribution in [0.5, 0.6) is 0 Å². The van der Waals surface area contributed by atoms with Gasteiger partial charge in [-0.15, -0.1) is 0 Å². The number of halogens is 2. The van der Waals surface area contributed by atoms with Crippen molar-refractivity contribution in [1.82, 2.24) is 4.90 Å². The maximum Gasteiger partial charge on any atom is 0.227 e. The first kappa shape index (κ1) is 16.3. The van der Waals surface area contributed by atoms with Gasteiger partial charge in [0.25, 0.3) is 0 Å². The summed E-state index contributed by atoms with van der Waals surface area (Å²) in [4.78, 5) is 16.6. The fourth-order valence-electron chi connectivity index (χ4n) is 2.79. The summed E-state index contributed by atoms with van der Waals surface area (Å²) < 4.78 is 1.03. The van der Waals surface area contributed by atoms with Crippen molar-refractivity contribution in [1.29, 1.82) is 0 Å². The Balaban J connectivity index is 1.57. The first-order chi connectivity index (χ1) is 11.1. The molecule has 1 fully saturated rings. The molecule has 0 atom stereocenters. The number of anilines is 1. The molecule has 0 aromatic heterocycles. The van der Waals surface area contributed by atoms with Crippen LogP contribution in [0.25, 0.3) is 0 Å². The second-order valence-electron chi connectivity index (χ2n) is 5.62. The van der Waals surface area contributed by atoms with Crippen molar-refractivity contribution >= 4 is 39.1 Å². The summed E-state index contributed by atoms with van der Waals surface area (Å²) in [7, 11) is 0. The van der Waals surface area contributed by atoms with E-state index < -0.39 is 0 Å². The minimum Gasteiger partial charge on any atom is -0.367 e. The van der Waals surface area contributed by atoms with Crippen molar-refractivity contribution in [3.63, 3.8) is 0 Å². The number of hydrogen-bond donors (Lipinski definition) is 0. The maximum atomic E-state index is 12.4. The zero-order valence-electron chi connectivity index (χ0n) is 12.7. The molecule has 5 heteroatoms. The molecule has 0 unspecified atom stereocenters. The summed E-state index contributed by atoms with van der Waals surface area (Å²) in [6.45, 7) is 3.10. The van der Waals surface area contributed by atoms with Gasteiger partial charge in [-0.1, -0.05) is 51.8 Å². The average Bonchev–Trinajstić information content (AvgIpc) is 2.57. The van der Waals surface area contributed by atoms with Crippen molar-refractivity contribution in [3.8, 4) is 0 Å². The van der Waals surface area contributed by atoms with E-state index in [9.17, 15) is 4.79 Å². The molecule has 0 saturated carbocycles. The van der Waals surface area contributed by atoms with Crippen molar-refractivity contribution < 1.29 is 4.79 Å². The Kier molecular flexibility index (Phi) is 5.23. The molecule has 23 heavy (non-hydrogen) atoms. The van der Waals surface area contributed by atoms with Crippen molar-refractivity contribution in [3.05, 3.63) is 63.6 Å². The van der Waals surface area contributed by atoms with Crippen LogP contribution in [0.3, 0.4) is 0 Å². The van der Waals surface area contributed by atoms with E-state index in [0.29, 0.717) is 6.42 Å². The lowest BCUT2D eigenvalue weighted by Crippen LogP contribution is -2.49. The zero-order chi connectivity index (χ0) is 16.2. The van der Waals surface area contributed by atoms with E-state index in [2.05, 4.69) is 20.8 Å². The third-order valence-corrected chi connectivity index (χ3v) is 4.94. The van der Waals surface area contributed by atoms with Crippen LogP contribution in [-0.4, -0.2) is 37.0 Å². The van der Waals surface area contributed by atoms with Crippen LogP contribution < -0.4 is 4.90 Å². The van der Waals surface area contributed by atoms with Gasteiger partial charge < -0.3 is 9.80 Å². The predicted octanol–water partition coefficient (Wildman–Crippen LogP) is 3.99. The highest BCUT2D eigenvalue weighted by molar-refractivity contribution is 9.10. The van der Waals surface area contributed by atoms with Crippen molar-refractivity contribution in [2.45, 2.75) is 6.42 Å². The number of carbonyl (C=O) groups excluding carboxylic acids is 1. The first-order valence-electron chi connectivity index (χ1n) is 7.65. The molecule has 1 heterocycles. The standard InChI is InChI=1S/C18H18BrClN2O/c19-15-7-5-14(6-8-15)13-18(23)22-11-9-21(10-12-22)17-4-2-1-3-16(17)20/h1-8H,9-13H2. The van der Waals surface area contributed by atoms with Crippen LogP contribution >= 0.6 is 27.5 Å². The van der Waals surface area contributed by atoms with Crippen molar-refractivity contribution in [2.75, 3.05) is 31.1 Å². The van der Waals surface area contributed by atoms with Gasteiger partial charge in [0, 0.05) is 30.7 Å². The monoisotopic (exact) mass is 392 g/mol. The summed E-state index contributed by atoms with van der Waals surface area (Å²) in [5.74, 6) is 0.186. The van der Waals surface area contributed by atoms with E-state index in [1.54, 1.807) is 0 Å². The molecule has 3 rings (SSSR count). The van der Waals surface area contributed by atoms with Crippen molar-refractivity contribution in [2.24, 2.45) is 0 Å². The summed E-state index contributed by atoms with van der Waals surface area (Å²) in [5.41, 5.74) is 2.10. The Hall–Kier alpha value is -1.52.